The molecule has 0 bridgehead atoms. The molecule has 0 aliphatic carbocycles. The third-order valence-electron chi connectivity index (χ3n) is 5.94. The summed E-state index contributed by atoms with van der Waals surface area (Å²) in [5.74, 6) is -0.862. The lowest BCUT2D eigenvalue weighted by Gasteiger charge is -2.23. The first kappa shape index (κ1) is 23.5. The number of Topliss-reactive ketones (excluding diaryl/α,β-unsaturated/α-hetero) is 1. The minimum absolute atomic E-state index is 0.0344. The molecule has 1 aliphatic heterocycles. The van der Waals surface area contributed by atoms with Crippen LogP contribution in [0.1, 0.15) is 29.7 Å². The Bertz CT molecular complexity index is 1510. The van der Waals surface area contributed by atoms with Crippen molar-refractivity contribution in [3.63, 3.8) is 0 Å². The van der Waals surface area contributed by atoms with Crippen LogP contribution in [-0.4, -0.2) is 40.5 Å². The first-order chi connectivity index (χ1) is 17.4. The highest BCUT2D eigenvalue weighted by Gasteiger charge is 2.48. The lowest BCUT2D eigenvalue weighted by molar-refractivity contribution is -0.132. The van der Waals surface area contributed by atoms with Gasteiger partial charge in [-0.25, -0.2) is 4.98 Å². The highest BCUT2D eigenvalue weighted by Crippen LogP contribution is 2.45. The fourth-order valence-corrected chi connectivity index (χ4v) is 5.35. The van der Waals surface area contributed by atoms with E-state index in [1.54, 1.807) is 30.3 Å². The summed E-state index contributed by atoms with van der Waals surface area (Å²) in [4.78, 5) is 36.8. The van der Waals surface area contributed by atoms with Crippen LogP contribution in [-0.2, 0) is 9.59 Å². The second-order valence-corrected chi connectivity index (χ2v) is 9.23. The van der Waals surface area contributed by atoms with Crippen molar-refractivity contribution in [2.24, 2.45) is 0 Å². The summed E-state index contributed by atoms with van der Waals surface area (Å²) in [5.41, 5.74) is 2.70. The smallest absolute Gasteiger partial charge is 0.301 e. The minimum Gasteiger partial charge on any atom is -0.507 e. The molecule has 1 fully saturated rings. The van der Waals surface area contributed by atoms with Crippen LogP contribution >= 0.6 is 11.3 Å². The van der Waals surface area contributed by atoms with Crippen molar-refractivity contribution in [2.45, 2.75) is 19.9 Å². The van der Waals surface area contributed by atoms with Gasteiger partial charge in [0.1, 0.15) is 5.76 Å². The van der Waals surface area contributed by atoms with Gasteiger partial charge in [-0.2, -0.15) is 0 Å². The highest BCUT2D eigenvalue weighted by molar-refractivity contribution is 7.22. The number of anilines is 1. The molecule has 3 heterocycles. The number of methoxy groups -OCH3 is 1. The number of hydrogen-bond acceptors (Lipinski definition) is 8. The number of pyridine rings is 1. The van der Waals surface area contributed by atoms with Crippen molar-refractivity contribution in [1.29, 1.82) is 0 Å². The molecule has 1 atom stereocenters. The van der Waals surface area contributed by atoms with E-state index in [1.165, 1.54) is 35.7 Å². The normalized spacial score (nSPS) is 17.1. The van der Waals surface area contributed by atoms with Gasteiger partial charge < -0.3 is 14.6 Å². The Kier molecular flexibility index (Phi) is 6.15. The number of carbonyl (C=O) groups excluding carboxylic acids is 2. The summed E-state index contributed by atoms with van der Waals surface area (Å²) in [6, 6.07) is 13.2. The van der Waals surface area contributed by atoms with E-state index in [-0.39, 0.29) is 11.3 Å². The fraction of sp³-hybridized carbons (Fsp3) is 0.185. The van der Waals surface area contributed by atoms with Crippen molar-refractivity contribution in [2.75, 3.05) is 18.6 Å². The number of carbonyl (C=O) groups is 2. The fourth-order valence-electron chi connectivity index (χ4n) is 4.26. The molecule has 1 N–H and O–H groups in total. The van der Waals surface area contributed by atoms with Gasteiger partial charge in [0.2, 0.25) is 0 Å². The summed E-state index contributed by atoms with van der Waals surface area (Å²) >= 11 is 1.32. The Morgan fingerprint density at radius 3 is 2.58 bits per heavy atom. The van der Waals surface area contributed by atoms with Gasteiger partial charge in [-0.1, -0.05) is 23.5 Å². The monoisotopic (exact) mass is 501 g/mol. The maximum absolute atomic E-state index is 13.4. The molecule has 8 nitrogen and oxygen atoms in total. The molecule has 5 rings (SSSR count). The van der Waals surface area contributed by atoms with Gasteiger partial charge >= 0.3 is 5.91 Å². The SMILES string of the molecule is CCOc1ccc(C2/C(=C(\O)c3ccncc3)C(=O)C(=O)N2c2nc3ccc(C)cc3s2)cc1OC. The molecule has 182 valence electrons. The van der Waals surface area contributed by atoms with E-state index < -0.39 is 17.7 Å². The van der Waals surface area contributed by atoms with E-state index >= 15 is 0 Å². The summed E-state index contributed by atoms with van der Waals surface area (Å²) in [6.45, 7) is 4.29. The van der Waals surface area contributed by atoms with Crippen LogP contribution < -0.4 is 14.4 Å². The second-order valence-electron chi connectivity index (χ2n) is 8.22. The Morgan fingerprint density at radius 2 is 1.86 bits per heavy atom. The van der Waals surface area contributed by atoms with Crippen molar-refractivity contribution in [3.05, 3.63) is 83.2 Å². The number of amides is 1. The number of hydrogen-bond donors (Lipinski definition) is 1. The number of ketones is 1. The first-order valence-corrected chi connectivity index (χ1v) is 12.1. The van der Waals surface area contributed by atoms with Gasteiger partial charge in [0.15, 0.2) is 16.6 Å². The van der Waals surface area contributed by atoms with Crippen LogP contribution in [0.15, 0.2) is 66.5 Å². The third kappa shape index (κ3) is 3.97. The number of ether oxygens (including phenoxy) is 2. The van der Waals surface area contributed by atoms with Gasteiger partial charge in [0, 0.05) is 18.0 Å². The number of fused-ring (bicyclic) bond motifs is 1. The van der Waals surface area contributed by atoms with E-state index in [9.17, 15) is 14.7 Å². The van der Waals surface area contributed by atoms with E-state index in [2.05, 4.69) is 9.97 Å². The van der Waals surface area contributed by atoms with Crippen LogP contribution in [0.2, 0.25) is 0 Å². The number of nitrogens with zero attached hydrogens (tertiary/aromatic N) is 3. The average molecular weight is 502 g/mol. The quantitative estimate of drug-likeness (QED) is 0.225. The number of aliphatic hydroxyl groups excluding tert-OH is 1. The third-order valence-corrected chi connectivity index (χ3v) is 6.96. The number of thiazole rings is 1. The molecule has 0 spiro atoms. The highest BCUT2D eigenvalue weighted by atomic mass is 32.1. The van der Waals surface area contributed by atoms with Gasteiger partial charge in [0.05, 0.1) is 35.5 Å². The van der Waals surface area contributed by atoms with Crippen molar-refractivity contribution >= 4 is 44.1 Å². The van der Waals surface area contributed by atoms with Gasteiger partial charge in [-0.05, 0) is 61.4 Å². The Labute approximate surface area is 211 Å². The zero-order valence-corrected chi connectivity index (χ0v) is 20.7. The maximum Gasteiger partial charge on any atom is 0.301 e. The first-order valence-electron chi connectivity index (χ1n) is 11.3. The molecule has 9 heteroatoms. The zero-order chi connectivity index (χ0) is 25.4. The number of aryl methyl sites for hydroxylation is 1. The van der Waals surface area contributed by atoms with E-state index in [0.29, 0.717) is 34.4 Å². The van der Waals surface area contributed by atoms with Crippen LogP contribution in [0.4, 0.5) is 5.13 Å². The number of benzene rings is 2. The largest absolute Gasteiger partial charge is 0.507 e. The maximum atomic E-state index is 13.4. The summed E-state index contributed by atoms with van der Waals surface area (Å²) < 4.78 is 12.1. The molecular formula is C27H23N3O5S. The van der Waals surface area contributed by atoms with Crippen molar-refractivity contribution in [3.8, 4) is 11.5 Å². The predicted octanol–water partition coefficient (Wildman–Crippen LogP) is 5.03. The molecule has 2 aromatic heterocycles. The van der Waals surface area contributed by atoms with E-state index in [0.717, 1.165) is 15.8 Å². The molecule has 4 aromatic rings. The van der Waals surface area contributed by atoms with Gasteiger partial charge in [-0.15, -0.1) is 0 Å². The molecule has 36 heavy (non-hydrogen) atoms. The predicted molar refractivity (Wildman–Crippen MR) is 138 cm³/mol. The Hall–Kier alpha value is -4.24. The van der Waals surface area contributed by atoms with Crippen LogP contribution in [0.5, 0.6) is 11.5 Å². The Morgan fingerprint density at radius 1 is 1.08 bits per heavy atom. The molecule has 1 amide bonds. The zero-order valence-electron chi connectivity index (χ0n) is 19.9. The number of aromatic nitrogens is 2. The standard InChI is InChI=1S/C27H23N3O5S/c1-4-35-19-8-6-17(14-20(19)34-3)23-22(24(31)16-9-11-28-12-10-16)25(32)26(33)30(23)27-29-18-7-5-15(2)13-21(18)36-27/h5-14,23,31H,4H2,1-3H3/b24-22+. The second kappa shape index (κ2) is 9.43. The lowest BCUT2D eigenvalue weighted by atomic mass is 9.95. The Balaban J connectivity index is 1.73. The topological polar surface area (TPSA) is 102 Å². The minimum atomic E-state index is -0.926. The van der Waals surface area contributed by atoms with Crippen LogP contribution in [0.25, 0.3) is 16.0 Å². The summed E-state index contributed by atoms with van der Waals surface area (Å²) in [7, 11) is 1.52. The van der Waals surface area contributed by atoms with E-state index in [4.69, 9.17) is 9.47 Å². The van der Waals surface area contributed by atoms with E-state index in [1.807, 2.05) is 32.0 Å². The number of aliphatic hydroxyl groups is 1. The average Bonchev–Trinajstić information content (AvgIpc) is 3.42. The lowest BCUT2D eigenvalue weighted by Crippen LogP contribution is -2.29. The number of rotatable bonds is 6. The molecule has 2 aromatic carbocycles. The van der Waals surface area contributed by atoms with Crippen LogP contribution in [0.3, 0.4) is 0 Å². The molecule has 1 saturated heterocycles. The molecule has 0 radical (unpaired) electrons. The molecule has 1 unspecified atom stereocenters. The van der Waals surface area contributed by atoms with Crippen molar-refractivity contribution < 1.29 is 24.2 Å². The molecule has 0 saturated carbocycles. The van der Waals surface area contributed by atoms with Crippen molar-refractivity contribution in [1.82, 2.24) is 9.97 Å². The van der Waals surface area contributed by atoms with Gasteiger partial charge in [-0.3, -0.25) is 19.5 Å². The molecule has 1 aliphatic rings. The summed E-state index contributed by atoms with van der Waals surface area (Å²) in [5, 5.41) is 11.6. The van der Waals surface area contributed by atoms with Gasteiger partial charge in [0.25, 0.3) is 5.78 Å². The molecular weight excluding hydrogens is 478 g/mol. The van der Waals surface area contributed by atoms with Crippen LogP contribution in [0, 0.1) is 6.92 Å². The summed E-state index contributed by atoms with van der Waals surface area (Å²) in [6.07, 6.45) is 3.02.